The van der Waals surface area contributed by atoms with Crippen molar-refractivity contribution in [2.75, 3.05) is 13.1 Å². The number of amides is 1. The Morgan fingerprint density at radius 2 is 2.15 bits per heavy atom. The van der Waals surface area contributed by atoms with Crippen LogP contribution in [0.3, 0.4) is 0 Å². The van der Waals surface area contributed by atoms with E-state index in [1.165, 1.54) is 5.56 Å². The summed E-state index contributed by atoms with van der Waals surface area (Å²) in [5.74, 6) is 0.154. The Kier molecular flexibility index (Phi) is 3.49. The number of nitrogens with zero attached hydrogens (tertiary/aromatic N) is 1. The first-order valence-corrected chi connectivity index (χ1v) is 7.16. The lowest BCUT2D eigenvalue weighted by Gasteiger charge is -2.29. The van der Waals surface area contributed by atoms with Crippen LogP contribution in [-0.2, 0) is 11.2 Å². The number of likely N-dealkylation sites (tertiary alicyclic amines) is 1. The highest BCUT2D eigenvalue weighted by molar-refractivity contribution is 5.91. The van der Waals surface area contributed by atoms with Crippen LogP contribution < -0.4 is 0 Å². The smallest absolute Gasteiger partial charge is 0.227 e. The summed E-state index contributed by atoms with van der Waals surface area (Å²) in [5, 5.41) is 10.7. The van der Waals surface area contributed by atoms with Crippen LogP contribution in [0, 0.1) is 6.92 Å². The van der Waals surface area contributed by atoms with Crippen LogP contribution in [0.4, 0.5) is 0 Å². The standard InChI is InChI=1S/C16H20N2O2/c1-11-3-2-4-14-16(11)12(10-17-14)9-15(20)18-7-5-13(19)6-8-18/h2-4,10,13,17,19H,5-9H2,1H3. The monoisotopic (exact) mass is 272 g/mol. The van der Waals surface area contributed by atoms with Crippen LogP contribution in [0.25, 0.3) is 10.9 Å². The van der Waals surface area contributed by atoms with Gasteiger partial charge in [0.1, 0.15) is 0 Å². The van der Waals surface area contributed by atoms with Gasteiger partial charge in [0.05, 0.1) is 12.5 Å². The highest BCUT2D eigenvalue weighted by Gasteiger charge is 2.22. The second kappa shape index (κ2) is 5.29. The molecule has 0 saturated carbocycles. The van der Waals surface area contributed by atoms with Gasteiger partial charge >= 0.3 is 0 Å². The van der Waals surface area contributed by atoms with Crippen LogP contribution in [0.2, 0.25) is 0 Å². The number of H-pyrrole nitrogens is 1. The van der Waals surface area contributed by atoms with E-state index in [-0.39, 0.29) is 12.0 Å². The molecule has 0 unspecified atom stereocenters. The van der Waals surface area contributed by atoms with Gasteiger partial charge in [-0.15, -0.1) is 0 Å². The minimum Gasteiger partial charge on any atom is -0.393 e. The fourth-order valence-corrected chi connectivity index (χ4v) is 2.98. The first kappa shape index (κ1) is 13.2. The predicted molar refractivity (Wildman–Crippen MR) is 78.6 cm³/mol. The summed E-state index contributed by atoms with van der Waals surface area (Å²) in [5.41, 5.74) is 3.34. The summed E-state index contributed by atoms with van der Waals surface area (Å²) >= 11 is 0. The lowest BCUT2D eigenvalue weighted by molar-refractivity contribution is -0.132. The van der Waals surface area contributed by atoms with Crippen molar-refractivity contribution in [2.24, 2.45) is 0 Å². The van der Waals surface area contributed by atoms with Crippen molar-refractivity contribution >= 4 is 16.8 Å². The molecule has 1 fully saturated rings. The molecule has 2 heterocycles. The molecule has 3 rings (SSSR count). The second-order valence-electron chi connectivity index (χ2n) is 5.60. The lowest BCUT2D eigenvalue weighted by atomic mass is 10.0. The van der Waals surface area contributed by atoms with Gasteiger partial charge in [-0.25, -0.2) is 0 Å². The lowest BCUT2D eigenvalue weighted by Crippen LogP contribution is -2.40. The van der Waals surface area contributed by atoms with Gasteiger partial charge in [0.15, 0.2) is 0 Å². The average molecular weight is 272 g/mol. The number of aliphatic hydroxyl groups is 1. The number of hydrogen-bond acceptors (Lipinski definition) is 2. The van der Waals surface area contributed by atoms with Gasteiger partial charge in [-0.05, 0) is 37.0 Å². The van der Waals surface area contributed by atoms with E-state index in [1.54, 1.807) is 0 Å². The van der Waals surface area contributed by atoms with E-state index in [2.05, 4.69) is 18.0 Å². The summed E-state index contributed by atoms with van der Waals surface area (Å²) in [6, 6.07) is 6.13. The summed E-state index contributed by atoms with van der Waals surface area (Å²) in [6.07, 6.45) is 3.52. The highest BCUT2D eigenvalue weighted by atomic mass is 16.3. The van der Waals surface area contributed by atoms with Gasteiger partial charge in [-0.2, -0.15) is 0 Å². The third kappa shape index (κ3) is 2.43. The fourth-order valence-electron chi connectivity index (χ4n) is 2.98. The molecule has 0 radical (unpaired) electrons. The molecular weight excluding hydrogens is 252 g/mol. The molecule has 2 N–H and O–H groups in total. The first-order chi connectivity index (χ1) is 9.65. The maximum absolute atomic E-state index is 12.4. The molecule has 2 aromatic rings. The molecular formula is C16H20N2O2. The summed E-state index contributed by atoms with van der Waals surface area (Å²) in [7, 11) is 0. The SMILES string of the molecule is Cc1cccc2[nH]cc(CC(=O)N3CCC(O)CC3)c12. The fraction of sp³-hybridized carbons (Fsp3) is 0.438. The predicted octanol–water partition coefficient (Wildman–Crippen LogP) is 2.00. The van der Waals surface area contributed by atoms with E-state index >= 15 is 0 Å². The Morgan fingerprint density at radius 3 is 2.90 bits per heavy atom. The average Bonchev–Trinajstić information content (AvgIpc) is 2.84. The van der Waals surface area contributed by atoms with E-state index in [0.717, 1.165) is 16.5 Å². The van der Waals surface area contributed by atoms with Crippen molar-refractivity contribution < 1.29 is 9.90 Å². The van der Waals surface area contributed by atoms with E-state index < -0.39 is 0 Å². The van der Waals surface area contributed by atoms with Gasteiger partial charge in [0.2, 0.25) is 5.91 Å². The Hall–Kier alpha value is -1.81. The van der Waals surface area contributed by atoms with Crippen LogP contribution in [-0.4, -0.2) is 40.1 Å². The molecule has 1 aliphatic heterocycles. The number of piperidine rings is 1. The van der Waals surface area contributed by atoms with Crippen molar-refractivity contribution in [2.45, 2.75) is 32.3 Å². The van der Waals surface area contributed by atoms with Gasteiger partial charge in [0.25, 0.3) is 0 Å². The van der Waals surface area contributed by atoms with Gasteiger partial charge in [-0.3, -0.25) is 4.79 Å². The quantitative estimate of drug-likeness (QED) is 0.878. The zero-order valence-electron chi connectivity index (χ0n) is 11.7. The molecule has 1 aromatic heterocycles. The number of aromatic nitrogens is 1. The van der Waals surface area contributed by atoms with Gasteiger partial charge in [0, 0.05) is 30.2 Å². The van der Waals surface area contributed by atoms with Crippen LogP contribution in [0.5, 0.6) is 0 Å². The third-order valence-electron chi connectivity index (χ3n) is 4.15. The highest BCUT2D eigenvalue weighted by Crippen LogP contribution is 2.23. The van der Waals surface area contributed by atoms with Crippen molar-refractivity contribution in [3.63, 3.8) is 0 Å². The van der Waals surface area contributed by atoms with Crippen molar-refractivity contribution in [3.05, 3.63) is 35.5 Å². The second-order valence-corrected chi connectivity index (χ2v) is 5.60. The zero-order chi connectivity index (χ0) is 14.1. The first-order valence-electron chi connectivity index (χ1n) is 7.16. The van der Waals surface area contributed by atoms with Crippen LogP contribution in [0.1, 0.15) is 24.0 Å². The summed E-state index contributed by atoms with van der Waals surface area (Å²) in [4.78, 5) is 17.5. The number of benzene rings is 1. The number of aromatic amines is 1. The van der Waals surface area contributed by atoms with Gasteiger partial charge < -0.3 is 15.0 Å². The molecule has 4 nitrogen and oxygen atoms in total. The van der Waals surface area contributed by atoms with E-state index in [9.17, 15) is 9.90 Å². The number of carbonyl (C=O) groups is 1. The number of rotatable bonds is 2. The largest absolute Gasteiger partial charge is 0.393 e. The number of fused-ring (bicyclic) bond motifs is 1. The Balaban J connectivity index is 1.78. The normalized spacial score (nSPS) is 16.8. The molecule has 0 bridgehead atoms. The number of nitrogens with one attached hydrogen (secondary N) is 1. The zero-order valence-corrected chi connectivity index (χ0v) is 11.7. The Labute approximate surface area is 118 Å². The van der Waals surface area contributed by atoms with E-state index in [4.69, 9.17) is 0 Å². The molecule has 20 heavy (non-hydrogen) atoms. The molecule has 1 aliphatic rings. The molecule has 1 amide bonds. The van der Waals surface area contributed by atoms with Crippen molar-refractivity contribution in [3.8, 4) is 0 Å². The van der Waals surface area contributed by atoms with Crippen molar-refractivity contribution in [1.29, 1.82) is 0 Å². The number of aryl methyl sites for hydroxylation is 1. The Morgan fingerprint density at radius 1 is 1.40 bits per heavy atom. The van der Waals surface area contributed by atoms with Crippen LogP contribution in [0.15, 0.2) is 24.4 Å². The maximum atomic E-state index is 12.4. The maximum Gasteiger partial charge on any atom is 0.227 e. The molecule has 4 heteroatoms. The molecule has 106 valence electrons. The third-order valence-corrected chi connectivity index (χ3v) is 4.15. The van der Waals surface area contributed by atoms with Gasteiger partial charge in [-0.1, -0.05) is 12.1 Å². The minimum absolute atomic E-state index is 0.154. The number of hydrogen-bond donors (Lipinski definition) is 2. The minimum atomic E-state index is -0.241. The Bertz CT molecular complexity index is 624. The van der Waals surface area contributed by atoms with E-state index in [1.807, 2.05) is 23.2 Å². The number of carbonyl (C=O) groups excluding carboxylic acids is 1. The van der Waals surface area contributed by atoms with E-state index in [0.29, 0.717) is 32.4 Å². The summed E-state index contributed by atoms with van der Waals surface area (Å²) < 4.78 is 0. The van der Waals surface area contributed by atoms with Crippen LogP contribution >= 0.6 is 0 Å². The van der Waals surface area contributed by atoms with Crippen molar-refractivity contribution in [1.82, 2.24) is 9.88 Å². The molecule has 1 saturated heterocycles. The topological polar surface area (TPSA) is 56.3 Å². The molecule has 0 aliphatic carbocycles. The summed E-state index contributed by atoms with van der Waals surface area (Å²) in [6.45, 7) is 3.41. The molecule has 1 aromatic carbocycles. The molecule has 0 spiro atoms. The molecule has 0 atom stereocenters. The number of aliphatic hydroxyl groups excluding tert-OH is 1.